The topological polar surface area (TPSA) is 92.8 Å². The third-order valence-electron chi connectivity index (χ3n) is 7.09. The smallest absolute Gasteiger partial charge is 0.421 e. The van der Waals surface area contributed by atoms with Gasteiger partial charge < -0.3 is 20.1 Å². The van der Waals surface area contributed by atoms with Gasteiger partial charge in [-0.3, -0.25) is 0 Å². The summed E-state index contributed by atoms with van der Waals surface area (Å²) in [6.07, 6.45) is 0.272. The Bertz CT molecular complexity index is 1250. The molecule has 0 bridgehead atoms. The van der Waals surface area contributed by atoms with E-state index in [4.69, 9.17) is 9.47 Å². The fourth-order valence-corrected chi connectivity index (χ4v) is 6.41. The highest BCUT2D eigenvalue weighted by atomic mass is 32.2. The van der Waals surface area contributed by atoms with Crippen molar-refractivity contribution in [2.75, 3.05) is 44.7 Å². The number of nitrogens with zero attached hydrogens (tertiary/aromatic N) is 2. The van der Waals surface area contributed by atoms with Crippen LogP contribution >= 0.6 is 0 Å². The number of piperidine rings is 1. The monoisotopic (exact) mass is 552 g/mol. The molecule has 0 saturated carbocycles. The minimum Gasteiger partial charge on any atom is -0.487 e. The molecular formula is C26H31F3N4O4S. The number of benzene rings is 1. The van der Waals surface area contributed by atoms with Crippen LogP contribution in [0.2, 0.25) is 0 Å². The molecule has 2 aromatic rings. The number of sulfonamides is 1. The largest absolute Gasteiger partial charge is 0.487 e. The Hall–Kier alpha value is -2.67. The second-order valence-electron chi connectivity index (χ2n) is 9.70. The lowest BCUT2D eigenvalue weighted by atomic mass is 10.0. The number of hydrogen-bond acceptors (Lipinski definition) is 7. The lowest BCUT2D eigenvalue weighted by molar-refractivity contribution is -0.139. The molecule has 3 aliphatic rings. The van der Waals surface area contributed by atoms with Crippen LogP contribution in [-0.2, 0) is 20.9 Å². The van der Waals surface area contributed by atoms with Crippen molar-refractivity contribution in [2.45, 2.75) is 48.9 Å². The minimum absolute atomic E-state index is 0.137. The minimum atomic E-state index is -4.59. The van der Waals surface area contributed by atoms with E-state index in [0.717, 1.165) is 31.3 Å². The van der Waals surface area contributed by atoms with Crippen LogP contribution in [0.15, 0.2) is 47.5 Å². The van der Waals surface area contributed by atoms with Crippen LogP contribution in [0.25, 0.3) is 5.57 Å². The van der Waals surface area contributed by atoms with Crippen LogP contribution < -0.4 is 15.4 Å². The summed E-state index contributed by atoms with van der Waals surface area (Å²) in [5, 5.41) is 6.42. The number of halogens is 3. The molecule has 5 rings (SSSR count). The second-order valence-corrected chi connectivity index (χ2v) is 11.6. The summed E-state index contributed by atoms with van der Waals surface area (Å²) >= 11 is 0. The zero-order chi connectivity index (χ0) is 26.8. The van der Waals surface area contributed by atoms with Crippen molar-refractivity contribution in [3.05, 3.63) is 53.7 Å². The molecule has 2 saturated heterocycles. The Balaban J connectivity index is 1.21. The molecule has 38 heavy (non-hydrogen) atoms. The highest BCUT2D eigenvalue weighted by Crippen LogP contribution is 2.38. The molecule has 1 aromatic heterocycles. The highest BCUT2D eigenvalue weighted by molar-refractivity contribution is 7.89. The van der Waals surface area contributed by atoms with E-state index in [-0.39, 0.29) is 29.1 Å². The zero-order valence-corrected chi connectivity index (χ0v) is 21.7. The van der Waals surface area contributed by atoms with Gasteiger partial charge in [-0.15, -0.1) is 0 Å². The SMILES string of the molecule is O=S(=O)(c1ccc(C2=CCNCC2)cc1)N1CCC(Nc2cc(O[C@H]3CCOC3)c(C(F)(F)F)cn2)CC1. The quantitative estimate of drug-likeness (QED) is 0.538. The number of pyridine rings is 1. The predicted molar refractivity (Wildman–Crippen MR) is 136 cm³/mol. The molecule has 2 fully saturated rings. The molecule has 0 aliphatic carbocycles. The molecule has 206 valence electrons. The number of alkyl halides is 3. The van der Waals surface area contributed by atoms with Gasteiger partial charge in [0.1, 0.15) is 23.2 Å². The molecule has 0 amide bonds. The lowest BCUT2D eigenvalue weighted by Crippen LogP contribution is -2.42. The van der Waals surface area contributed by atoms with Crippen molar-refractivity contribution >= 4 is 21.4 Å². The molecule has 1 aromatic carbocycles. The van der Waals surface area contributed by atoms with E-state index in [1.807, 2.05) is 12.1 Å². The molecule has 3 aliphatic heterocycles. The van der Waals surface area contributed by atoms with Crippen molar-refractivity contribution in [2.24, 2.45) is 0 Å². The van der Waals surface area contributed by atoms with Gasteiger partial charge in [0.05, 0.1) is 18.1 Å². The summed E-state index contributed by atoms with van der Waals surface area (Å²) in [5.41, 5.74) is 1.31. The van der Waals surface area contributed by atoms with Gasteiger partial charge in [0.2, 0.25) is 10.0 Å². The van der Waals surface area contributed by atoms with Gasteiger partial charge in [-0.2, -0.15) is 17.5 Å². The number of aromatic nitrogens is 1. The first-order valence-corrected chi connectivity index (χ1v) is 14.2. The molecule has 4 heterocycles. The van der Waals surface area contributed by atoms with Crippen LogP contribution in [0.3, 0.4) is 0 Å². The van der Waals surface area contributed by atoms with E-state index < -0.39 is 27.9 Å². The fourth-order valence-electron chi connectivity index (χ4n) is 4.94. The Morgan fingerprint density at radius 2 is 1.89 bits per heavy atom. The third-order valence-corrected chi connectivity index (χ3v) is 9.00. The van der Waals surface area contributed by atoms with Crippen LogP contribution in [0, 0.1) is 0 Å². The maximum absolute atomic E-state index is 13.5. The summed E-state index contributed by atoms with van der Waals surface area (Å²) in [6, 6.07) is 8.14. The third kappa shape index (κ3) is 6.14. The normalized spacial score (nSPS) is 21.8. The van der Waals surface area contributed by atoms with Crippen LogP contribution in [0.5, 0.6) is 5.75 Å². The van der Waals surface area contributed by atoms with E-state index in [9.17, 15) is 21.6 Å². The molecular weight excluding hydrogens is 521 g/mol. The van der Waals surface area contributed by atoms with Crippen molar-refractivity contribution in [1.29, 1.82) is 0 Å². The first kappa shape index (κ1) is 26.9. The average molecular weight is 553 g/mol. The number of rotatable bonds is 7. The van der Waals surface area contributed by atoms with Gasteiger partial charge >= 0.3 is 6.18 Å². The van der Waals surface area contributed by atoms with Gasteiger partial charge in [-0.05, 0) is 49.1 Å². The number of anilines is 1. The lowest BCUT2D eigenvalue weighted by Gasteiger charge is -2.32. The zero-order valence-electron chi connectivity index (χ0n) is 20.8. The van der Waals surface area contributed by atoms with E-state index in [1.54, 1.807) is 12.1 Å². The first-order chi connectivity index (χ1) is 18.2. The first-order valence-electron chi connectivity index (χ1n) is 12.8. The molecule has 12 heteroatoms. The Labute approximate surface area is 220 Å². The molecule has 8 nitrogen and oxygen atoms in total. The van der Waals surface area contributed by atoms with Crippen molar-refractivity contribution in [3.8, 4) is 5.75 Å². The fraction of sp³-hybridized carbons (Fsp3) is 0.500. The molecule has 0 radical (unpaired) electrons. The van der Waals surface area contributed by atoms with Crippen molar-refractivity contribution in [3.63, 3.8) is 0 Å². The molecule has 2 N–H and O–H groups in total. The maximum Gasteiger partial charge on any atom is 0.421 e. The van der Waals surface area contributed by atoms with Gasteiger partial charge in [-0.1, -0.05) is 18.2 Å². The summed E-state index contributed by atoms with van der Waals surface area (Å²) in [6.45, 7) is 2.99. The van der Waals surface area contributed by atoms with Crippen molar-refractivity contribution < 1.29 is 31.1 Å². The van der Waals surface area contributed by atoms with E-state index in [1.165, 1.54) is 15.9 Å². The summed E-state index contributed by atoms with van der Waals surface area (Å²) in [7, 11) is -3.65. The maximum atomic E-state index is 13.5. The van der Waals surface area contributed by atoms with Gasteiger partial charge in [-0.25, -0.2) is 13.4 Å². The van der Waals surface area contributed by atoms with E-state index >= 15 is 0 Å². The Kier molecular flexibility index (Phi) is 7.94. The Morgan fingerprint density at radius 3 is 2.53 bits per heavy atom. The average Bonchev–Trinajstić information content (AvgIpc) is 3.42. The van der Waals surface area contributed by atoms with Crippen LogP contribution in [0.4, 0.5) is 19.0 Å². The summed E-state index contributed by atoms with van der Waals surface area (Å²) in [4.78, 5) is 4.21. The van der Waals surface area contributed by atoms with Crippen LogP contribution in [0.1, 0.15) is 36.8 Å². The Morgan fingerprint density at radius 1 is 1.13 bits per heavy atom. The van der Waals surface area contributed by atoms with Crippen molar-refractivity contribution in [1.82, 2.24) is 14.6 Å². The molecule has 1 atom stereocenters. The molecule has 0 unspecified atom stereocenters. The number of ether oxygens (including phenoxy) is 2. The van der Waals surface area contributed by atoms with Crippen LogP contribution in [-0.4, -0.2) is 69.2 Å². The number of nitrogens with one attached hydrogen (secondary N) is 2. The van der Waals surface area contributed by atoms with Gasteiger partial charge in [0.15, 0.2) is 0 Å². The van der Waals surface area contributed by atoms with E-state index in [2.05, 4.69) is 21.7 Å². The second kappa shape index (κ2) is 11.2. The number of hydrogen-bond donors (Lipinski definition) is 2. The highest BCUT2D eigenvalue weighted by Gasteiger charge is 2.36. The summed E-state index contributed by atoms with van der Waals surface area (Å²) in [5.74, 6) is -0.0229. The van der Waals surface area contributed by atoms with Gasteiger partial charge in [0.25, 0.3) is 0 Å². The van der Waals surface area contributed by atoms with Gasteiger partial charge in [0, 0.05) is 44.4 Å². The van der Waals surface area contributed by atoms with E-state index in [0.29, 0.717) is 39.0 Å². The standard InChI is InChI=1S/C26H31F3N4O4S/c27-26(28,29)23-16-31-25(15-24(23)37-21-9-14-36-17-21)32-20-7-12-33(13-8-20)38(34,35)22-3-1-18(2-4-22)19-5-10-30-11-6-19/h1-5,15-16,20-21,30H,6-14,17H2,(H,31,32)/t21-/m0/s1. The summed E-state index contributed by atoms with van der Waals surface area (Å²) < 4.78 is 79.2. The predicted octanol–water partition coefficient (Wildman–Crippen LogP) is 3.91. The molecule has 0 spiro atoms.